The summed E-state index contributed by atoms with van der Waals surface area (Å²) >= 11 is 3.55. The van der Waals surface area contributed by atoms with Crippen molar-refractivity contribution in [3.8, 4) is 5.75 Å². The molecule has 0 radical (unpaired) electrons. The minimum absolute atomic E-state index is 0.832. The van der Waals surface area contributed by atoms with Gasteiger partial charge in [0.1, 0.15) is 5.75 Å². The quantitative estimate of drug-likeness (QED) is 0.661. The maximum absolute atomic E-state index is 5.56. The molecule has 0 unspecified atom stereocenters. The van der Waals surface area contributed by atoms with Crippen LogP contribution in [-0.4, -0.2) is 6.61 Å². The first-order valence-electron chi connectivity index (χ1n) is 4.11. The molecule has 0 N–H and O–H groups in total. The second kappa shape index (κ2) is 2.77. The average Bonchev–Trinajstić information content (AvgIpc) is 2.48. The zero-order valence-corrected chi connectivity index (χ0v) is 8.86. The lowest BCUT2D eigenvalue weighted by Crippen LogP contribution is -1.89. The van der Waals surface area contributed by atoms with E-state index in [1.165, 1.54) is 21.2 Å². The summed E-state index contributed by atoms with van der Waals surface area (Å²) in [7, 11) is 0. The SMILES string of the molecule is Cc1cc(Br)c2c(c1C)OCC2. The maximum Gasteiger partial charge on any atom is 0.126 e. The van der Waals surface area contributed by atoms with E-state index in [2.05, 4.69) is 35.8 Å². The van der Waals surface area contributed by atoms with Gasteiger partial charge in [-0.3, -0.25) is 0 Å². The molecule has 1 heterocycles. The summed E-state index contributed by atoms with van der Waals surface area (Å²) in [4.78, 5) is 0. The molecule has 0 bridgehead atoms. The standard InChI is InChI=1S/C10H11BrO/c1-6-5-9(11)8-3-4-12-10(8)7(6)2/h5H,3-4H2,1-2H3. The van der Waals surface area contributed by atoms with E-state index in [0.29, 0.717) is 0 Å². The highest BCUT2D eigenvalue weighted by Gasteiger charge is 2.18. The summed E-state index contributed by atoms with van der Waals surface area (Å²) in [6.45, 7) is 5.06. The van der Waals surface area contributed by atoms with Gasteiger partial charge in [-0.05, 0) is 31.0 Å². The molecule has 0 spiro atoms. The van der Waals surface area contributed by atoms with Gasteiger partial charge in [-0.25, -0.2) is 0 Å². The Morgan fingerprint density at radius 1 is 1.42 bits per heavy atom. The fourth-order valence-electron chi connectivity index (χ4n) is 1.58. The molecule has 12 heavy (non-hydrogen) atoms. The van der Waals surface area contributed by atoms with Crippen LogP contribution < -0.4 is 4.74 Å². The molecule has 0 atom stereocenters. The van der Waals surface area contributed by atoms with Crippen LogP contribution in [0.25, 0.3) is 0 Å². The van der Waals surface area contributed by atoms with E-state index in [1.54, 1.807) is 0 Å². The van der Waals surface area contributed by atoms with E-state index in [9.17, 15) is 0 Å². The summed E-state index contributed by atoms with van der Waals surface area (Å²) in [5.41, 5.74) is 3.91. The van der Waals surface area contributed by atoms with Crippen molar-refractivity contribution in [2.75, 3.05) is 6.61 Å². The second-order valence-corrected chi connectivity index (χ2v) is 4.06. The molecular formula is C10H11BrO. The van der Waals surface area contributed by atoms with Crippen LogP contribution in [0.1, 0.15) is 16.7 Å². The van der Waals surface area contributed by atoms with Crippen LogP contribution in [0.5, 0.6) is 5.75 Å². The van der Waals surface area contributed by atoms with Crippen LogP contribution in [0.4, 0.5) is 0 Å². The molecule has 0 aliphatic carbocycles. The lowest BCUT2D eigenvalue weighted by molar-refractivity contribution is 0.354. The van der Waals surface area contributed by atoms with Crippen LogP contribution in [-0.2, 0) is 6.42 Å². The van der Waals surface area contributed by atoms with Gasteiger partial charge in [0.15, 0.2) is 0 Å². The normalized spacial score (nSPS) is 14.2. The first-order chi connectivity index (χ1) is 5.70. The van der Waals surface area contributed by atoms with Crippen molar-refractivity contribution in [1.29, 1.82) is 0 Å². The molecular weight excluding hydrogens is 216 g/mol. The summed E-state index contributed by atoms with van der Waals surface area (Å²) in [6.07, 6.45) is 1.04. The molecule has 1 aromatic carbocycles. The summed E-state index contributed by atoms with van der Waals surface area (Å²) < 4.78 is 6.75. The van der Waals surface area contributed by atoms with Gasteiger partial charge in [-0.2, -0.15) is 0 Å². The predicted octanol–water partition coefficient (Wildman–Crippen LogP) is 3.00. The van der Waals surface area contributed by atoms with Gasteiger partial charge in [-0.1, -0.05) is 15.9 Å². The van der Waals surface area contributed by atoms with Crippen molar-refractivity contribution in [2.45, 2.75) is 20.3 Å². The number of fused-ring (bicyclic) bond motifs is 1. The third kappa shape index (κ3) is 1.06. The predicted molar refractivity (Wildman–Crippen MR) is 52.8 cm³/mol. The number of benzene rings is 1. The Morgan fingerprint density at radius 3 is 2.92 bits per heavy atom. The van der Waals surface area contributed by atoms with Crippen molar-refractivity contribution in [3.05, 3.63) is 27.2 Å². The fourth-order valence-corrected chi connectivity index (χ4v) is 2.30. The number of aryl methyl sites for hydroxylation is 1. The first kappa shape index (κ1) is 8.11. The lowest BCUT2D eigenvalue weighted by Gasteiger charge is -2.08. The molecule has 0 saturated heterocycles. The van der Waals surface area contributed by atoms with Gasteiger partial charge in [0.2, 0.25) is 0 Å². The molecule has 64 valence electrons. The Hall–Kier alpha value is -0.500. The van der Waals surface area contributed by atoms with E-state index in [-0.39, 0.29) is 0 Å². The molecule has 1 aliphatic heterocycles. The summed E-state index contributed by atoms with van der Waals surface area (Å²) in [5.74, 6) is 1.10. The van der Waals surface area contributed by atoms with Crippen molar-refractivity contribution in [3.63, 3.8) is 0 Å². The van der Waals surface area contributed by atoms with Crippen LogP contribution in [0.2, 0.25) is 0 Å². The topological polar surface area (TPSA) is 9.23 Å². The number of hydrogen-bond donors (Lipinski definition) is 0. The minimum Gasteiger partial charge on any atom is -0.493 e. The maximum atomic E-state index is 5.56. The van der Waals surface area contributed by atoms with Gasteiger partial charge >= 0.3 is 0 Å². The summed E-state index contributed by atoms with van der Waals surface area (Å²) in [6, 6.07) is 2.17. The van der Waals surface area contributed by atoms with E-state index in [4.69, 9.17) is 4.74 Å². The number of halogens is 1. The second-order valence-electron chi connectivity index (χ2n) is 3.21. The summed E-state index contributed by atoms with van der Waals surface area (Å²) in [5, 5.41) is 0. The smallest absolute Gasteiger partial charge is 0.126 e. The molecule has 1 aromatic rings. The zero-order chi connectivity index (χ0) is 8.72. The largest absolute Gasteiger partial charge is 0.493 e. The fraction of sp³-hybridized carbons (Fsp3) is 0.400. The molecule has 1 aliphatic rings. The highest BCUT2D eigenvalue weighted by Crippen LogP contribution is 2.36. The molecule has 0 amide bonds. The van der Waals surface area contributed by atoms with Gasteiger partial charge in [0.25, 0.3) is 0 Å². The highest BCUT2D eigenvalue weighted by molar-refractivity contribution is 9.10. The van der Waals surface area contributed by atoms with E-state index >= 15 is 0 Å². The first-order valence-corrected chi connectivity index (χ1v) is 4.91. The zero-order valence-electron chi connectivity index (χ0n) is 7.28. The Bertz CT molecular complexity index is 331. The Balaban J connectivity index is 2.69. The van der Waals surface area contributed by atoms with Crippen molar-refractivity contribution in [1.82, 2.24) is 0 Å². The number of hydrogen-bond acceptors (Lipinski definition) is 1. The molecule has 0 saturated carbocycles. The number of rotatable bonds is 0. The Labute approximate surface area is 80.9 Å². The van der Waals surface area contributed by atoms with Crippen molar-refractivity contribution < 1.29 is 4.74 Å². The average molecular weight is 227 g/mol. The Kier molecular flexibility index (Phi) is 1.87. The monoisotopic (exact) mass is 226 g/mol. The van der Waals surface area contributed by atoms with E-state index in [0.717, 1.165) is 18.8 Å². The van der Waals surface area contributed by atoms with Crippen LogP contribution in [0.15, 0.2) is 10.5 Å². The lowest BCUT2D eigenvalue weighted by atomic mass is 10.0. The highest BCUT2D eigenvalue weighted by atomic mass is 79.9. The molecule has 2 rings (SSSR count). The van der Waals surface area contributed by atoms with Gasteiger partial charge in [0, 0.05) is 16.5 Å². The third-order valence-electron chi connectivity index (χ3n) is 2.44. The van der Waals surface area contributed by atoms with E-state index in [1.807, 2.05) is 0 Å². The van der Waals surface area contributed by atoms with Crippen molar-refractivity contribution >= 4 is 15.9 Å². The van der Waals surface area contributed by atoms with Crippen LogP contribution >= 0.6 is 15.9 Å². The van der Waals surface area contributed by atoms with Gasteiger partial charge in [-0.15, -0.1) is 0 Å². The number of ether oxygens (including phenoxy) is 1. The van der Waals surface area contributed by atoms with Gasteiger partial charge in [0.05, 0.1) is 6.61 Å². The van der Waals surface area contributed by atoms with E-state index < -0.39 is 0 Å². The molecule has 0 aromatic heterocycles. The molecule has 0 fully saturated rings. The third-order valence-corrected chi connectivity index (χ3v) is 3.14. The Morgan fingerprint density at radius 2 is 2.17 bits per heavy atom. The van der Waals surface area contributed by atoms with Crippen molar-refractivity contribution in [2.24, 2.45) is 0 Å². The minimum atomic E-state index is 0.832. The van der Waals surface area contributed by atoms with Gasteiger partial charge < -0.3 is 4.74 Å². The van der Waals surface area contributed by atoms with Crippen LogP contribution in [0, 0.1) is 13.8 Å². The molecule has 2 heteroatoms. The van der Waals surface area contributed by atoms with Crippen LogP contribution in [0.3, 0.4) is 0 Å². The molecule has 1 nitrogen and oxygen atoms in total.